The fourth-order valence-electron chi connectivity index (χ4n) is 1.72. The van der Waals surface area contributed by atoms with Crippen molar-refractivity contribution in [2.75, 3.05) is 5.32 Å². The van der Waals surface area contributed by atoms with Crippen LogP contribution in [0, 0.1) is 5.92 Å². The van der Waals surface area contributed by atoms with Crippen molar-refractivity contribution in [1.29, 1.82) is 0 Å². The van der Waals surface area contributed by atoms with Gasteiger partial charge in [0.2, 0.25) is 11.0 Å². The second kappa shape index (κ2) is 6.68. The topological polar surface area (TPSA) is 80.9 Å². The number of amides is 1. The van der Waals surface area contributed by atoms with Crippen molar-refractivity contribution in [3.63, 3.8) is 0 Å². The predicted molar refractivity (Wildman–Crippen MR) is 76.0 cm³/mol. The van der Waals surface area contributed by atoms with Gasteiger partial charge < -0.3 is 11.1 Å². The predicted octanol–water partition coefficient (Wildman–Crippen LogP) is 2.75. The van der Waals surface area contributed by atoms with Crippen LogP contribution >= 0.6 is 11.3 Å². The highest BCUT2D eigenvalue weighted by Crippen LogP contribution is 2.26. The molecule has 2 rings (SSSR count). The standard InChI is InChI=1S/C13H14F2N4OS/c1-7(9(16)8-5-3-2-4-6-8)11(20)17-13-19-18-12(21-13)10(14)15/h2-7,9-10H,16H2,1H3,(H,17,19,20). The first-order chi connectivity index (χ1) is 9.99. The van der Waals surface area contributed by atoms with Crippen molar-refractivity contribution in [2.24, 2.45) is 11.7 Å². The maximum Gasteiger partial charge on any atom is 0.291 e. The van der Waals surface area contributed by atoms with Gasteiger partial charge in [-0.3, -0.25) is 4.79 Å². The molecule has 0 aliphatic rings. The van der Waals surface area contributed by atoms with Crippen molar-refractivity contribution >= 4 is 22.4 Å². The van der Waals surface area contributed by atoms with Crippen LogP contribution in [0.3, 0.4) is 0 Å². The largest absolute Gasteiger partial charge is 0.323 e. The lowest BCUT2D eigenvalue weighted by molar-refractivity contribution is -0.120. The van der Waals surface area contributed by atoms with Gasteiger partial charge in [0.25, 0.3) is 6.43 Å². The van der Waals surface area contributed by atoms with Gasteiger partial charge in [-0.25, -0.2) is 8.78 Å². The molecule has 0 aliphatic heterocycles. The van der Waals surface area contributed by atoms with Gasteiger partial charge >= 0.3 is 0 Å². The van der Waals surface area contributed by atoms with Crippen molar-refractivity contribution < 1.29 is 13.6 Å². The molecule has 8 heteroatoms. The molecule has 2 unspecified atom stereocenters. The molecule has 0 saturated carbocycles. The number of rotatable bonds is 5. The SMILES string of the molecule is CC(C(=O)Nc1nnc(C(F)F)s1)C(N)c1ccccc1. The lowest BCUT2D eigenvalue weighted by Gasteiger charge is -2.18. The molecule has 3 N–H and O–H groups in total. The summed E-state index contributed by atoms with van der Waals surface area (Å²) in [6.45, 7) is 1.67. The van der Waals surface area contributed by atoms with Crippen molar-refractivity contribution in [3.05, 3.63) is 40.9 Å². The molecule has 0 bridgehead atoms. The van der Waals surface area contributed by atoms with E-state index >= 15 is 0 Å². The smallest absolute Gasteiger partial charge is 0.291 e. The molecule has 0 aliphatic carbocycles. The lowest BCUT2D eigenvalue weighted by atomic mass is 9.95. The Labute approximate surface area is 124 Å². The molecular weight excluding hydrogens is 298 g/mol. The highest BCUT2D eigenvalue weighted by atomic mass is 32.1. The van der Waals surface area contributed by atoms with E-state index in [1.165, 1.54) is 0 Å². The molecule has 1 heterocycles. The maximum absolute atomic E-state index is 12.4. The van der Waals surface area contributed by atoms with Crippen molar-refractivity contribution in [2.45, 2.75) is 19.4 Å². The Morgan fingerprint density at radius 3 is 2.52 bits per heavy atom. The first kappa shape index (κ1) is 15.5. The number of hydrogen-bond acceptors (Lipinski definition) is 5. The fraction of sp³-hybridized carbons (Fsp3) is 0.308. The average molecular weight is 312 g/mol. The minimum Gasteiger partial charge on any atom is -0.323 e. The minimum absolute atomic E-state index is 0.0439. The van der Waals surface area contributed by atoms with E-state index in [-0.39, 0.29) is 11.0 Å². The summed E-state index contributed by atoms with van der Waals surface area (Å²) in [6, 6.07) is 8.68. The molecule has 112 valence electrons. The van der Waals surface area contributed by atoms with Crippen LogP contribution in [-0.4, -0.2) is 16.1 Å². The molecule has 1 amide bonds. The molecule has 2 aromatic rings. The van der Waals surface area contributed by atoms with E-state index in [9.17, 15) is 13.6 Å². The van der Waals surface area contributed by atoms with Crippen LogP contribution in [0.5, 0.6) is 0 Å². The zero-order valence-corrected chi connectivity index (χ0v) is 12.0. The van der Waals surface area contributed by atoms with E-state index in [1.54, 1.807) is 6.92 Å². The monoisotopic (exact) mass is 312 g/mol. The maximum atomic E-state index is 12.4. The van der Waals surface area contributed by atoms with Crippen molar-refractivity contribution in [3.8, 4) is 0 Å². The van der Waals surface area contributed by atoms with Crippen LogP contribution in [0.25, 0.3) is 0 Å². The Kier molecular flexibility index (Phi) is 4.92. The first-order valence-corrected chi connectivity index (χ1v) is 7.03. The second-order valence-corrected chi connectivity index (χ2v) is 5.47. The average Bonchev–Trinajstić information content (AvgIpc) is 2.95. The zero-order chi connectivity index (χ0) is 15.4. The number of alkyl halides is 2. The highest BCUT2D eigenvalue weighted by Gasteiger charge is 2.23. The van der Waals surface area contributed by atoms with Gasteiger partial charge in [0.1, 0.15) is 0 Å². The summed E-state index contributed by atoms with van der Waals surface area (Å²) in [6.07, 6.45) is -2.70. The molecule has 2 atom stereocenters. The molecule has 0 saturated heterocycles. The summed E-state index contributed by atoms with van der Waals surface area (Å²) < 4.78 is 24.8. The van der Waals surface area contributed by atoms with E-state index in [0.29, 0.717) is 11.3 Å². The van der Waals surface area contributed by atoms with Gasteiger partial charge in [-0.1, -0.05) is 48.6 Å². The molecular formula is C13H14F2N4OS. The summed E-state index contributed by atoms with van der Waals surface area (Å²) in [5.41, 5.74) is 6.86. The van der Waals surface area contributed by atoms with Crippen LogP contribution < -0.4 is 11.1 Å². The van der Waals surface area contributed by atoms with Gasteiger partial charge in [0, 0.05) is 6.04 Å². The number of anilines is 1. The first-order valence-electron chi connectivity index (χ1n) is 6.22. The Balaban J connectivity index is 2.02. The van der Waals surface area contributed by atoms with Gasteiger partial charge in [0.15, 0.2) is 5.01 Å². The summed E-state index contributed by atoms with van der Waals surface area (Å²) in [5.74, 6) is -0.922. The number of hydrogen-bond donors (Lipinski definition) is 2. The Morgan fingerprint density at radius 1 is 1.29 bits per heavy atom. The van der Waals surface area contributed by atoms with E-state index < -0.39 is 23.4 Å². The molecule has 0 radical (unpaired) electrons. The lowest BCUT2D eigenvalue weighted by Crippen LogP contribution is -2.30. The number of carbonyl (C=O) groups is 1. The number of nitrogens with two attached hydrogens (primary N) is 1. The zero-order valence-electron chi connectivity index (χ0n) is 11.2. The Hall–Kier alpha value is -1.93. The van der Waals surface area contributed by atoms with Crippen LogP contribution in [-0.2, 0) is 4.79 Å². The second-order valence-electron chi connectivity index (χ2n) is 4.46. The van der Waals surface area contributed by atoms with Crippen LogP contribution in [0.2, 0.25) is 0 Å². The Morgan fingerprint density at radius 2 is 1.95 bits per heavy atom. The summed E-state index contributed by atoms with van der Waals surface area (Å²) >= 11 is 0.649. The summed E-state index contributed by atoms with van der Waals surface area (Å²) in [5, 5.41) is 8.89. The normalized spacial score (nSPS) is 14.0. The molecule has 1 aromatic heterocycles. The number of nitrogens with zero attached hydrogens (tertiary/aromatic N) is 2. The van der Waals surface area contributed by atoms with Crippen molar-refractivity contribution in [1.82, 2.24) is 10.2 Å². The third-order valence-electron chi connectivity index (χ3n) is 2.99. The molecule has 0 fully saturated rings. The van der Waals surface area contributed by atoms with Crippen LogP contribution in [0.1, 0.15) is 30.0 Å². The number of nitrogens with one attached hydrogen (secondary N) is 1. The highest BCUT2D eigenvalue weighted by molar-refractivity contribution is 7.15. The molecule has 5 nitrogen and oxygen atoms in total. The summed E-state index contributed by atoms with van der Waals surface area (Å²) in [4.78, 5) is 12.1. The Bertz CT molecular complexity index is 605. The fourth-order valence-corrected chi connectivity index (χ4v) is 2.32. The number of carbonyl (C=O) groups excluding carboxylic acids is 1. The van der Waals surface area contributed by atoms with Gasteiger partial charge in [-0.15, -0.1) is 10.2 Å². The van der Waals surface area contributed by atoms with Gasteiger partial charge in [0.05, 0.1) is 5.92 Å². The number of benzene rings is 1. The third-order valence-corrected chi connectivity index (χ3v) is 3.84. The van der Waals surface area contributed by atoms with Gasteiger partial charge in [-0.2, -0.15) is 0 Å². The van der Waals surface area contributed by atoms with E-state index in [2.05, 4.69) is 15.5 Å². The van der Waals surface area contributed by atoms with Gasteiger partial charge in [-0.05, 0) is 5.56 Å². The number of aromatic nitrogens is 2. The van der Waals surface area contributed by atoms with E-state index in [4.69, 9.17) is 5.73 Å². The summed E-state index contributed by atoms with van der Waals surface area (Å²) in [7, 11) is 0. The number of halogens is 2. The molecule has 0 spiro atoms. The molecule has 21 heavy (non-hydrogen) atoms. The quantitative estimate of drug-likeness (QED) is 0.889. The molecule has 1 aromatic carbocycles. The third kappa shape index (κ3) is 3.79. The van der Waals surface area contributed by atoms with Crippen LogP contribution in [0.15, 0.2) is 30.3 Å². The minimum atomic E-state index is -2.70. The van der Waals surface area contributed by atoms with E-state index in [0.717, 1.165) is 5.56 Å². The van der Waals surface area contributed by atoms with E-state index in [1.807, 2.05) is 30.3 Å². The van der Waals surface area contributed by atoms with Crippen LogP contribution in [0.4, 0.5) is 13.9 Å².